The summed E-state index contributed by atoms with van der Waals surface area (Å²) in [7, 11) is 0. The predicted octanol–water partition coefficient (Wildman–Crippen LogP) is 4.90. The van der Waals surface area contributed by atoms with Crippen LogP contribution < -0.4 is 10.1 Å². The number of carbonyl (C=O) groups excluding carboxylic acids is 1. The lowest BCUT2D eigenvalue weighted by Gasteiger charge is -2.13. The van der Waals surface area contributed by atoms with Crippen LogP contribution in [0.2, 0.25) is 0 Å². The minimum absolute atomic E-state index is 0.0786. The van der Waals surface area contributed by atoms with Gasteiger partial charge in [-0.1, -0.05) is 30.3 Å². The zero-order valence-electron chi connectivity index (χ0n) is 13.4. The summed E-state index contributed by atoms with van der Waals surface area (Å²) < 4.78 is 5.78. The highest BCUT2D eigenvalue weighted by atomic mass is 32.1. The monoisotopic (exact) mass is 337 g/mol. The van der Waals surface area contributed by atoms with Gasteiger partial charge >= 0.3 is 0 Å². The number of thiophene rings is 1. The number of benzene rings is 2. The topological polar surface area (TPSA) is 38.3 Å². The lowest BCUT2D eigenvalue weighted by Crippen LogP contribution is -2.33. The van der Waals surface area contributed by atoms with E-state index in [4.69, 9.17) is 4.74 Å². The zero-order chi connectivity index (χ0) is 16.8. The van der Waals surface area contributed by atoms with Crippen LogP contribution in [0.1, 0.15) is 22.2 Å². The molecule has 0 saturated carbocycles. The fourth-order valence-corrected chi connectivity index (χ4v) is 3.25. The van der Waals surface area contributed by atoms with Crippen molar-refractivity contribution in [2.45, 2.75) is 19.4 Å². The van der Waals surface area contributed by atoms with Crippen molar-refractivity contribution < 1.29 is 9.53 Å². The number of hydrogen-bond donors (Lipinski definition) is 1. The molecule has 0 aliphatic rings. The Morgan fingerprint density at radius 2 is 1.83 bits per heavy atom. The highest BCUT2D eigenvalue weighted by Crippen LogP contribution is 2.22. The molecule has 1 amide bonds. The van der Waals surface area contributed by atoms with Crippen LogP contribution in [-0.2, 0) is 6.42 Å². The first kappa shape index (κ1) is 16.3. The van der Waals surface area contributed by atoms with Crippen LogP contribution in [0.4, 0.5) is 0 Å². The van der Waals surface area contributed by atoms with Crippen molar-refractivity contribution in [3.63, 3.8) is 0 Å². The van der Waals surface area contributed by atoms with E-state index < -0.39 is 0 Å². The summed E-state index contributed by atoms with van der Waals surface area (Å²) in [5.41, 5.74) is 0.599. The van der Waals surface area contributed by atoms with E-state index >= 15 is 0 Å². The predicted molar refractivity (Wildman–Crippen MR) is 97.9 cm³/mol. The van der Waals surface area contributed by atoms with Crippen LogP contribution >= 0.6 is 11.3 Å². The van der Waals surface area contributed by atoms with Gasteiger partial charge in [0.2, 0.25) is 0 Å². The second-order valence-electron chi connectivity index (χ2n) is 5.60. The van der Waals surface area contributed by atoms with Gasteiger partial charge in [-0.05, 0) is 48.7 Å². The van der Waals surface area contributed by atoms with Gasteiger partial charge in [0.1, 0.15) is 11.5 Å². The molecule has 0 radical (unpaired) electrons. The lowest BCUT2D eigenvalue weighted by atomic mass is 10.1. The van der Waals surface area contributed by atoms with E-state index in [1.54, 1.807) is 23.5 Å². The van der Waals surface area contributed by atoms with Crippen LogP contribution in [-0.4, -0.2) is 11.9 Å². The van der Waals surface area contributed by atoms with Crippen molar-refractivity contribution in [2.75, 3.05) is 0 Å². The van der Waals surface area contributed by atoms with Gasteiger partial charge < -0.3 is 10.1 Å². The SMILES string of the molecule is C[C@@H](Cc1cccs1)NC(=O)c1cccc(Oc2ccccc2)c1. The van der Waals surface area contributed by atoms with Crippen molar-refractivity contribution in [2.24, 2.45) is 0 Å². The third-order valence-electron chi connectivity index (χ3n) is 3.54. The summed E-state index contributed by atoms with van der Waals surface area (Å²) in [6.45, 7) is 2.02. The molecule has 1 heterocycles. The van der Waals surface area contributed by atoms with Gasteiger partial charge in [0.05, 0.1) is 0 Å². The van der Waals surface area contributed by atoms with Crippen molar-refractivity contribution in [3.05, 3.63) is 82.6 Å². The van der Waals surface area contributed by atoms with Gasteiger partial charge in [-0.25, -0.2) is 0 Å². The van der Waals surface area contributed by atoms with Crippen molar-refractivity contribution in [1.29, 1.82) is 0 Å². The van der Waals surface area contributed by atoms with Gasteiger partial charge in [0.15, 0.2) is 0 Å². The maximum Gasteiger partial charge on any atom is 0.251 e. The second-order valence-corrected chi connectivity index (χ2v) is 6.63. The maximum absolute atomic E-state index is 12.4. The first-order valence-electron chi connectivity index (χ1n) is 7.87. The third kappa shape index (κ3) is 4.46. The quantitative estimate of drug-likeness (QED) is 0.694. The van der Waals surface area contributed by atoms with Crippen molar-refractivity contribution >= 4 is 17.2 Å². The number of hydrogen-bond acceptors (Lipinski definition) is 3. The zero-order valence-corrected chi connectivity index (χ0v) is 14.3. The van der Waals surface area contributed by atoms with E-state index in [2.05, 4.69) is 11.4 Å². The fraction of sp³-hybridized carbons (Fsp3) is 0.150. The van der Waals surface area contributed by atoms with E-state index in [0.717, 1.165) is 12.2 Å². The van der Waals surface area contributed by atoms with Crippen LogP contribution in [0.15, 0.2) is 72.1 Å². The first-order valence-corrected chi connectivity index (χ1v) is 8.75. The minimum atomic E-state index is -0.0856. The van der Waals surface area contributed by atoms with E-state index in [0.29, 0.717) is 11.3 Å². The molecular weight excluding hydrogens is 318 g/mol. The number of nitrogens with one attached hydrogen (secondary N) is 1. The van der Waals surface area contributed by atoms with Crippen molar-refractivity contribution in [1.82, 2.24) is 5.32 Å². The van der Waals surface area contributed by atoms with E-state index in [-0.39, 0.29) is 11.9 Å². The van der Waals surface area contributed by atoms with E-state index in [1.807, 2.05) is 60.8 Å². The Bertz CT molecular complexity index is 784. The molecule has 1 N–H and O–H groups in total. The lowest BCUT2D eigenvalue weighted by molar-refractivity contribution is 0.0940. The second kappa shape index (κ2) is 7.79. The molecule has 0 unspecified atom stereocenters. The molecular formula is C20H19NO2S. The summed E-state index contributed by atoms with van der Waals surface area (Å²) in [6.07, 6.45) is 0.837. The normalized spacial score (nSPS) is 11.7. The molecule has 24 heavy (non-hydrogen) atoms. The van der Waals surface area contributed by atoms with Gasteiger partial charge in [0.25, 0.3) is 5.91 Å². The van der Waals surface area contributed by atoms with E-state index in [9.17, 15) is 4.79 Å². The molecule has 0 spiro atoms. The summed E-state index contributed by atoms with van der Waals surface area (Å²) in [4.78, 5) is 13.7. The average molecular weight is 337 g/mol. The number of para-hydroxylation sites is 1. The first-order chi connectivity index (χ1) is 11.7. The molecule has 3 rings (SSSR count). The molecule has 0 fully saturated rings. The molecule has 0 bridgehead atoms. The molecule has 0 saturated heterocycles. The Kier molecular flexibility index (Phi) is 5.29. The molecule has 2 aromatic carbocycles. The van der Waals surface area contributed by atoms with Gasteiger partial charge in [-0.3, -0.25) is 4.79 Å². The Labute approximate surface area is 145 Å². The fourth-order valence-electron chi connectivity index (χ4n) is 2.41. The standard InChI is InChI=1S/C20H19NO2S/c1-15(13-19-11-6-12-24-19)21-20(22)16-7-5-10-18(14-16)23-17-8-3-2-4-9-17/h2-12,14-15H,13H2,1H3,(H,21,22)/t15-/m0/s1. The van der Waals surface area contributed by atoms with Crippen LogP contribution in [0.25, 0.3) is 0 Å². The highest BCUT2D eigenvalue weighted by Gasteiger charge is 2.11. The number of rotatable bonds is 6. The summed E-state index contributed by atoms with van der Waals surface area (Å²) >= 11 is 1.71. The highest BCUT2D eigenvalue weighted by molar-refractivity contribution is 7.09. The minimum Gasteiger partial charge on any atom is -0.457 e. The molecule has 1 aromatic heterocycles. The number of carbonyl (C=O) groups is 1. The Hall–Kier alpha value is -2.59. The Balaban J connectivity index is 1.63. The molecule has 0 aliphatic heterocycles. The molecule has 3 aromatic rings. The average Bonchev–Trinajstić information content (AvgIpc) is 3.09. The summed E-state index contributed by atoms with van der Waals surface area (Å²) in [5, 5.41) is 5.09. The third-order valence-corrected chi connectivity index (χ3v) is 4.44. The number of amides is 1. The molecule has 3 nitrogen and oxygen atoms in total. The van der Waals surface area contributed by atoms with Gasteiger partial charge in [-0.2, -0.15) is 0 Å². The van der Waals surface area contributed by atoms with Crippen LogP contribution in [0, 0.1) is 0 Å². The van der Waals surface area contributed by atoms with Crippen LogP contribution in [0.3, 0.4) is 0 Å². The summed E-state index contributed by atoms with van der Waals surface area (Å²) in [5.74, 6) is 1.32. The van der Waals surface area contributed by atoms with Crippen molar-refractivity contribution in [3.8, 4) is 11.5 Å². The van der Waals surface area contributed by atoms with Crippen LogP contribution in [0.5, 0.6) is 11.5 Å². The summed E-state index contributed by atoms with van der Waals surface area (Å²) in [6, 6.07) is 21.0. The largest absolute Gasteiger partial charge is 0.457 e. The molecule has 4 heteroatoms. The molecule has 1 atom stereocenters. The Morgan fingerprint density at radius 3 is 2.58 bits per heavy atom. The van der Waals surface area contributed by atoms with E-state index in [1.165, 1.54) is 4.88 Å². The molecule has 122 valence electrons. The van der Waals surface area contributed by atoms with Gasteiger partial charge in [-0.15, -0.1) is 11.3 Å². The smallest absolute Gasteiger partial charge is 0.251 e. The Morgan fingerprint density at radius 1 is 1.04 bits per heavy atom. The number of ether oxygens (including phenoxy) is 1. The maximum atomic E-state index is 12.4. The molecule has 0 aliphatic carbocycles. The van der Waals surface area contributed by atoms with Gasteiger partial charge in [0, 0.05) is 22.9 Å².